The summed E-state index contributed by atoms with van der Waals surface area (Å²) >= 11 is 0.194. The number of aromatic nitrogens is 1. The Labute approximate surface area is 311 Å². The topological polar surface area (TPSA) is 40.5 Å². The molecular weight excluding hydrogens is 729 g/mol. The second kappa shape index (κ2) is 17.4. The number of aromatic amines is 1. The number of halogens is 2. The molecule has 1 aromatic heterocycles. The Morgan fingerprint density at radius 1 is 0.360 bits per heavy atom. The summed E-state index contributed by atoms with van der Waals surface area (Å²) in [6.07, 6.45) is 4.04. The fourth-order valence-electron chi connectivity index (χ4n) is 6.44. The van der Waals surface area contributed by atoms with E-state index in [1.54, 1.807) is 0 Å². The van der Waals surface area contributed by atoms with Gasteiger partial charge in [0.2, 0.25) is 0 Å². The van der Waals surface area contributed by atoms with Gasteiger partial charge >= 0.3 is 33.3 Å². The van der Waals surface area contributed by atoms with Crippen LogP contribution in [0.3, 0.4) is 0 Å². The summed E-state index contributed by atoms with van der Waals surface area (Å²) in [4.78, 5) is 3.61. The standard InChI is InChI=1S/C42H35N3Si2.2ClH.Fe/c1-7-19-37(20-8-1)46(38-21-9-2-10-22-38,39-23-11-3-12-24-39)43-33-35-31-32-36(45-35)34-44-47(40-25-13-4-14-26-40,41-27-15-5-16-28-41)42-29-17-6-18-30-42;;;/h1-34,45H;2*1H;/q;;;+2/p-2/b43-33+,44-34+;;;. The quantitative estimate of drug-likeness (QED) is 0.0932. The predicted octanol–water partition coefficient (Wildman–Crippen LogP) is 6.56. The number of hydrogen-bond donors (Lipinski definition) is 1. The summed E-state index contributed by atoms with van der Waals surface area (Å²) in [6.45, 7) is 0. The van der Waals surface area contributed by atoms with Crippen LogP contribution >= 0.6 is 20.2 Å². The van der Waals surface area contributed by atoms with Gasteiger partial charge in [0.25, 0.3) is 16.5 Å². The van der Waals surface area contributed by atoms with Gasteiger partial charge in [-0.3, -0.25) is 0 Å². The number of rotatable bonds is 10. The van der Waals surface area contributed by atoms with E-state index >= 15 is 0 Å². The van der Waals surface area contributed by atoms with E-state index in [4.69, 9.17) is 29.5 Å². The number of benzene rings is 6. The zero-order valence-electron chi connectivity index (χ0n) is 27.1. The maximum atomic E-state index is 5.55. The molecule has 1 heterocycles. The van der Waals surface area contributed by atoms with E-state index in [0.717, 1.165) is 11.4 Å². The summed E-state index contributed by atoms with van der Waals surface area (Å²) in [5.41, 5.74) is 1.88. The van der Waals surface area contributed by atoms with Gasteiger partial charge in [0.15, 0.2) is 0 Å². The third-order valence-electron chi connectivity index (χ3n) is 8.68. The predicted molar refractivity (Wildman–Crippen MR) is 216 cm³/mol. The van der Waals surface area contributed by atoms with Crippen molar-refractivity contribution in [3.63, 3.8) is 0 Å². The zero-order valence-corrected chi connectivity index (χ0v) is 31.7. The molecule has 0 amide bonds. The van der Waals surface area contributed by atoms with Crippen molar-refractivity contribution in [2.24, 2.45) is 9.32 Å². The Balaban J connectivity index is 0.00000139. The van der Waals surface area contributed by atoms with Gasteiger partial charge in [-0.25, -0.2) is 0 Å². The molecule has 7 rings (SSSR count). The van der Waals surface area contributed by atoms with Crippen molar-refractivity contribution >= 4 is 80.2 Å². The van der Waals surface area contributed by atoms with Crippen LogP contribution in [0.5, 0.6) is 0 Å². The minimum absolute atomic E-state index is 0.194. The van der Waals surface area contributed by atoms with Gasteiger partial charge in [0, 0.05) is 12.4 Å². The average Bonchev–Trinajstić information content (AvgIpc) is 3.66. The van der Waals surface area contributed by atoms with Crippen LogP contribution in [-0.2, 0) is 13.1 Å². The molecule has 0 aliphatic carbocycles. The van der Waals surface area contributed by atoms with Crippen molar-refractivity contribution in [3.8, 4) is 0 Å². The van der Waals surface area contributed by atoms with Crippen LogP contribution < -0.4 is 31.1 Å². The van der Waals surface area contributed by atoms with Crippen LogP contribution in [-0.4, -0.2) is 33.9 Å². The van der Waals surface area contributed by atoms with Crippen LogP contribution in [0.1, 0.15) is 11.4 Å². The first kappa shape index (κ1) is 35.3. The van der Waals surface area contributed by atoms with Gasteiger partial charge in [-0.15, -0.1) is 0 Å². The number of nitrogens with one attached hydrogen (secondary N) is 1. The molecule has 0 aliphatic rings. The summed E-state index contributed by atoms with van der Waals surface area (Å²) in [5, 5.41) is 7.45. The zero-order chi connectivity index (χ0) is 34.5. The molecule has 7 aromatic rings. The summed E-state index contributed by atoms with van der Waals surface area (Å²) < 4.78 is 11.1. The molecule has 50 heavy (non-hydrogen) atoms. The molecule has 0 saturated carbocycles. The van der Waals surface area contributed by atoms with Gasteiger partial charge < -0.3 is 14.3 Å². The van der Waals surface area contributed by atoms with E-state index < -0.39 is 16.5 Å². The number of nitrogens with zero attached hydrogens (tertiary/aromatic N) is 2. The molecule has 0 spiro atoms. The van der Waals surface area contributed by atoms with E-state index in [2.05, 4.69) is 199 Å². The molecule has 0 atom stereocenters. The summed E-state index contributed by atoms with van der Waals surface area (Å²) in [5.74, 6) is 0. The Morgan fingerprint density at radius 3 is 0.760 bits per heavy atom. The summed E-state index contributed by atoms with van der Waals surface area (Å²) in [6, 6.07) is 68.6. The molecule has 0 aliphatic heterocycles. The van der Waals surface area contributed by atoms with E-state index in [-0.39, 0.29) is 13.1 Å². The minimum atomic E-state index is -2.76. The van der Waals surface area contributed by atoms with Gasteiger partial charge in [0.05, 0.1) is 11.4 Å². The van der Waals surface area contributed by atoms with Crippen LogP contribution in [0.2, 0.25) is 0 Å². The fourth-order valence-corrected chi connectivity index (χ4v) is 14.0. The van der Waals surface area contributed by atoms with Gasteiger partial charge in [-0.1, -0.05) is 182 Å². The normalized spacial score (nSPS) is 11.8. The SMILES string of the molecule is C(=N\[Si](c1ccccc1)(c1ccccc1)c1ccccc1)/c1ccc(/C=N/[Si](c2ccccc2)(c2ccccc2)c2ccccc2)[nH]1.[Cl][Fe][Cl]. The van der Waals surface area contributed by atoms with Crippen LogP contribution in [0.25, 0.3) is 0 Å². The van der Waals surface area contributed by atoms with Crippen molar-refractivity contribution in [2.75, 3.05) is 0 Å². The second-order valence-electron chi connectivity index (χ2n) is 11.6. The van der Waals surface area contributed by atoms with Crippen molar-refractivity contribution in [1.82, 2.24) is 4.98 Å². The molecule has 0 bridgehead atoms. The first-order valence-electron chi connectivity index (χ1n) is 16.2. The van der Waals surface area contributed by atoms with E-state index in [1.165, 1.54) is 31.1 Å². The molecule has 3 nitrogen and oxygen atoms in total. The molecule has 0 fully saturated rings. The van der Waals surface area contributed by atoms with E-state index in [9.17, 15) is 0 Å². The molecule has 0 unspecified atom stereocenters. The first-order valence-corrected chi connectivity index (χ1v) is 23.1. The number of hydrogen-bond acceptors (Lipinski definition) is 2. The molecule has 1 N–H and O–H groups in total. The second-order valence-corrected chi connectivity index (χ2v) is 20.2. The number of H-pyrrole nitrogens is 1. The molecule has 0 radical (unpaired) electrons. The van der Waals surface area contributed by atoms with Gasteiger partial charge in [0.1, 0.15) is 0 Å². The molecule has 6 aromatic carbocycles. The third kappa shape index (κ3) is 7.77. The van der Waals surface area contributed by atoms with Crippen molar-refractivity contribution in [3.05, 3.63) is 206 Å². The van der Waals surface area contributed by atoms with Crippen molar-refractivity contribution in [2.45, 2.75) is 0 Å². The summed E-state index contributed by atoms with van der Waals surface area (Å²) in [7, 11) is 4.02. The van der Waals surface area contributed by atoms with E-state index in [1.807, 2.05) is 12.4 Å². The molecule has 0 saturated heterocycles. The van der Waals surface area contributed by atoms with Crippen LogP contribution in [0.4, 0.5) is 0 Å². The van der Waals surface area contributed by atoms with Crippen molar-refractivity contribution in [1.29, 1.82) is 0 Å². The average molecular weight is 765 g/mol. The maximum absolute atomic E-state index is 5.55. The Bertz CT molecular complexity index is 1750. The van der Waals surface area contributed by atoms with Gasteiger partial charge in [-0.2, -0.15) is 0 Å². The van der Waals surface area contributed by atoms with Crippen LogP contribution in [0, 0.1) is 0 Å². The van der Waals surface area contributed by atoms with Crippen LogP contribution in [0.15, 0.2) is 203 Å². The first-order chi connectivity index (χ1) is 24.7. The molecule has 8 heteroatoms. The Hall–Kier alpha value is -4.53. The Kier molecular flexibility index (Phi) is 12.3. The Morgan fingerprint density at radius 2 is 0.560 bits per heavy atom. The van der Waals surface area contributed by atoms with E-state index in [0.29, 0.717) is 0 Å². The third-order valence-corrected chi connectivity index (χ3v) is 16.7. The fraction of sp³-hybridized carbons (Fsp3) is 0. The van der Waals surface area contributed by atoms with Gasteiger partial charge in [-0.05, 0) is 43.3 Å². The molecule has 248 valence electrons. The monoisotopic (exact) mass is 763 g/mol. The molecular formula is C42H35Cl2FeN3Si2. The van der Waals surface area contributed by atoms with Crippen molar-refractivity contribution < 1.29 is 13.1 Å².